The third-order valence-corrected chi connectivity index (χ3v) is 5.66. The maximum absolute atomic E-state index is 12.7. The van der Waals surface area contributed by atoms with Crippen molar-refractivity contribution in [3.63, 3.8) is 0 Å². The Bertz CT molecular complexity index is 1480. The van der Waals surface area contributed by atoms with Crippen LogP contribution in [0.4, 0.5) is 5.69 Å². The number of para-hydroxylation sites is 2. The number of imidazole rings is 1. The van der Waals surface area contributed by atoms with Gasteiger partial charge in [0.1, 0.15) is 0 Å². The molecule has 5 aromatic rings. The average molecular weight is 462 g/mol. The lowest BCUT2D eigenvalue weighted by Crippen LogP contribution is -2.23. The lowest BCUT2D eigenvalue weighted by Gasteiger charge is -2.09. The van der Waals surface area contributed by atoms with Crippen LogP contribution in [0, 0.1) is 0 Å². The van der Waals surface area contributed by atoms with E-state index in [0.29, 0.717) is 23.4 Å². The summed E-state index contributed by atoms with van der Waals surface area (Å²) in [7, 11) is 0. The van der Waals surface area contributed by atoms with Crippen molar-refractivity contribution in [2.45, 2.75) is 13.1 Å². The fraction of sp³-hybridized carbons (Fsp3) is 0.0714. The van der Waals surface area contributed by atoms with Gasteiger partial charge in [-0.25, -0.2) is 4.98 Å². The molecule has 0 aliphatic carbocycles. The molecule has 35 heavy (non-hydrogen) atoms. The summed E-state index contributed by atoms with van der Waals surface area (Å²) in [5.74, 6) is -0.490. The molecule has 0 aliphatic heterocycles. The lowest BCUT2D eigenvalue weighted by atomic mass is 10.1. The number of hydrogen-bond acceptors (Lipinski definition) is 4. The van der Waals surface area contributed by atoms with E-state index in [9.17, 15) is 9.59 Å². The molecule has 0 spiro atoms. The van der Waals surface area contributed by atoms with Crippen molar-refractivity contribution in [1.29, 1.82) is 0 Å². The monoisotopic (exact) mass is 461 g/mol. The predicted octanol–water partition coefficient (Wildman–Crippen LogP) is 4.66. The minimum Gasteiger partial charge on any atom is -0.348 e. The summed E-state index contributed by atoms with van der Waals surface area (Å²) in [6.07, 6.45) is 4.96. The van der Waals surface area contributed by atoms with E-state index < -0.39 is 0 Å². The maximum atomic E-state index is 12.7. The number of anilines is 1. The Hall–Kier alpha value is -4.78. The van der Waals surface area contributed by atoms with Gasteiger partial charge in [-0.2, -0.15) is 0 Å². The smallest absolute Gasteiger partial charge is 0.257 e. The molecule has 0 aliphatic rings. The third kappa shape index (κ3) is 5.25. The van der Waals surface area contributed by atoms with Crippen molar-refractivity contribution >= 4 is 28.5 Å². The average Bonchev–Trinajstić information content (AvgIpc) is 3.31. The Morgan fingerprint density at radius 2 is 1.60 bits per heavy atom. The molecule has 172 valence electrons. The van der Waals surface area contributed by atoms with E-state index in [0.717, 1.165) is 28.7 Å². The SMILES string of the molecule is O=C(NCc1ccc(Cn2cnc3ccccc32)cc1)c1cccc(NC(=O)c2cccnc2)c1. The first-order valence-electron chi connectivity index (χ1n) is 11.2. The predicted molar refractivity (Wildman–Crippen MR) is 135 cm³/mol. The van der Waals surface area contributed by atoms with E-state index >= 15 is 0 Å². The number of carbonyl (C=O) groups is 2. The molecule has 2 heterocycles. The van der Waals surface area contributed by atoms with Gasteiger partial charge in [-0.3, -0.25) is 14.6 Å². The highest BCUT2D eigenvalue weighted by Gasteiger charge is 2.10. The highest BCUT2D eigenvalue weighted by molar-refractivity contribution is 6.04. The topological polar surface area (TPSA) is 88.9 Å². The van der Waals surface area contributed by atoms with Gasteiger partial charge in [0, 0.05) is 36.7 Å². The number of aromatic nitrogens is 3. The van der Waals surface area contributed by atoms with Crippen LogP contribution >= 0.6 is 0 Å². The first-order valence-corrected chi connectivity index (χ1v) is 11.2. The number of pyridine rings is 1. The number of fused-ring (bicyclic) bond motifs is 1. The van der Waals surface area contributed by atoms with E-state index in [2.05, 4.69) is 43.4 Å². The van der Waals surface area contributed by atoms with Crippen molar-refractivity contribution in [2.75, 3.05) is 5.32 Å². The molecule has 2 amide bonds. The number of nitrogens with one attached hydrogen (secondary N) is 2. The molecular formula is C28H23N5O2. The number of carbonyl (C=O) groups excluding carboxylic acids is 2. The summed E-state index contributed by atoms with van der Waals surface area (Å²) in [5, 5.41) is 5.74. The summed E-state index contributed by atoms with van der Waals surface area (Å²) in [6, 6.07) is 26.4. The molecule has 0 saturated heterocycles. The zero-order valence-corrected chi connectivity index (χ0v) is 18.9. The van der Waals surface area contributed by atoms with E-state index in [4.69, 9.17) is 0 Å². The minimum absolute atomic E-state index is 0.212. The molecule has 3 aromatic carbocycles. The van der Waals surface area contributed by atoms with Gasteiger partial charge in [0.25, 0.3) is 11.8 Å². The molecule has 5 rings (SSSR count). The number of benzene rings is 3. The molecule has 0 saturated carbocycles. The second kappa shape index (κ2) is 10.0. The molecule has 0 fully saturated rings. The summed E-state index contributed by atoms with van der Waals surface area (Å²) in [5.41, 5.74) is 5.70. The number of amides is 2. The normalized spacial score (nSPS) is 10.7. The Morgan fingerprint density at radius 3 is 2.43 bits per heavy atom. The highest BCUT2D eigenvalue weighted by Crippen LogP contribution is 2.15. The molecule has 7 heteroatoms. The van der Waals surface area contributed by atoms with Gasteiger partial charge in [0.2, 0.25) is 0 Å². The fourth-order valence-electron chi connectivity index (χ4n) is 3.82. The standard InChI is InChI=1S/C28H23N5O2/c34-27(22-5-3-7-24(15-22)32-28(35)23-6-4-14-29-17-23)30-16-20-10-12-21(13-11-20)18-33-19-31-25-8-1-2-9-26(25)33/h1-15,17,19H,16,18H2,(H,30,34)(H,32,35). The Balaban J connectivity index is 1.18. The van der Waals surface area contributed by atoms with Gasteiger partial charge in [-0.15, -0.1) is 0 Å². The lowest BCUT2D eigenvalue weighted by molar-refractivity contribution is 0.0949. The Labute approximate surface area is 202 Å². The van der Waals surface area contributed by atoms with Gasteiger partial charge >= 0.3 is 0 Å². The molecular weight excluding hydrogens is 438 g/mol. The van der Waals surface area contributed by atoms with Crippen molar-refractivity contribution in [2.24, 2.45) is 0 Å². The van der Waals surface area contributed by atoms with E-state index in [-0.39, 0.29) is 11.8 Å². The second-order valence-corrected chi connectivity index (χ2v) is 8.14. The molecule has 0 bridgehead atoms. The van der Waals surface area contributed by atoms with Crippen LogP contribution in [-0.4, -0.2) is 26.3 Å². The largest absolute Gasteiger partial charge is 0.348 e. The van der Waals surface area contributed by atoms with Crippen LogP contribution in [0.2, 0.25) is 0 Å². The zero-order chi connectivity index (χ0) is 24.0. The van der Waals surface area contributed by atoms with Crippen LogP contribution in [-0.2, 0) is 13.1 Å². The Morgan fingerprint density at radius 1 is 0.800 bits per heavy atom. The van der Waals surface area contributed by atoms with Crippen LogP contribution in [0.5, 0.6) is 0 Å². The molecule has 0 atom stereocenters. The van der Waals surface area contributed by atoms with Crippen LogP contribution in [0.25, 0.3) is 11.0 Å². The molecule has 0 unspecified atom stereocenters. The van der Waals surface area contributed by atoms with E-state index in [1.807, 2.05) is 36.7 Å². The van der Waals surface area contributed by atoms with Gasteiger partial charge in [0.05, 0.1) is 22.9 Å². The van der Waals surface area contributed by atoms with Crippen LogP contribution in [0.15, 0.2) is 104 Å². The minimum atomic E-state index is -0.278. The van der Waals surface area contributed by atoms with Gasteiger partial charge < -0.3 is 15.2 Å². The number of hydrogen-bond donors (Lipinski definition) is 2. The van der Waals surface area contributed by atoms with Gasteiger partial charge in [0.15, 0.2) is 0 Å². The van der Waals surface area contributed by atoms with Crippen LogP contribution in [0.1, 0.15) is 31.8 Å². The summed E-state index contributed by atoms with van der Waals surface area (Å²) in [4.78, 5) is 33.4. The Kier molecular flexibility index (Phi) is 6.30. The van der Waals surface area contributed by atoms with E-state index in [1.54, 1.807) is 42.6 Å². The quantitative estimate of drug-likeness (QED) is 0.369. The van der Waals surface area contributed by atoms with Crippen molar-refractivity contribution in [3.8, 4) is 0 Å². The molecule has 0 radical (unpaired) electrons. The molecule has 2 N–H and O–H groups in total. The second-order valence-electron chi connectivity index (χ2n) is 8.14. The molecule has 7 nitrogen and oxygen atoms in total. The van der Waals surface area contributed by atoms with Crippen molar-refractivity contribution < 1.29 is 9.59 Å². The first-order chi connectivity index (χ1) is 17.2. The third-order valence-electron chi connectivity index (χ3n) is 5.66. The first kappa shape index (κ1) is 22.0. The fourth-order valence-corrected chi connectivity index (χ4v) is 3.82. The molecule has 2 aromatic heterocycles. The van der Waals surface area contributed by atoms with E-state index in [1.165, 1.54) is 6.20 Å². The van der Waals surface area contributed by atoms with Gasteiger partial charge in [-0.1, -0.05) is 42.5 Å². The summed E-state index contributed by atoms with van der Waals surface area (Å²) in [6.45, 7) is 1.13. The van der Waals surface area contributed by atoms with Crippen molar-refractivity contribution in [3.05, 3.63) is 126 Å². The van der Waals surface area contributed by atoms with Crippen LogP contribution < -0.4 is 10.6 Å². The summed E-state index contributed by atoms with van der Waals surface area (Å²) < 4.78 is 2.12. The van der Waals surface area contributed by atoms with Gasteiger partial charge in [-0.05, 0) is 53.6 Å². The van der Waals surface area contributed by atoms with Crippen LogP contribution in [0.3, 0.4) is 0 Å². The summed E-state index contributed by atoms with van der Waals surface area (Å²) >= 11 is 0. The van der Waals surface area contributed by atoms with Crippen molar-refractivity contribution in [1.82, 2.24) is 19.9 Å². The highest BCUT2D eigenvalue weighted by atomic mass is 16.2. The number of rotatable bonds is 7. The zero-order valence-electron chi connectivity index (χ0n) is 18.9. The maximum Gasteiger partial charge on any atom is 0.257 e. The number of nitrogens with zero attached hydrogens (tertiary/aromatic N) is 3.